The number of halogens is 1. The lowest BCUT2D eigenvalue weighted by Gasteiger charge is -2.13. The minimum absolute atomic E-state index is 0.196. The Labute approximate surface area is 169 Å². The van der Waals surface area contributed by atoms with E-state index in [2.05, 4.69) is 10.3 Å². The van der Waals surface area contributed by atoms with Crippen LogP contribution in [0.1, 0.15) is 42.7 Å². The lowest BCUT2D eigenvalue weighted by molar-refractivity contribution is 0.0950. The van der Waals surface area contributed by atoms with Crippen molar-refractivity contribution in [2.24, 2.45) is 0 Å². The standard InChI is InChI=1S/C21H24ClN3O3/c1-3-9-27-18-7-5-15(11-19(18)28-10-4-2)21(26)23-12-17-14-25-13-16(22)6-8-20(25)24-17/h5-8,11,13-14H,3-4,9-10,12H2,1-2H3,(H,23,26). The molecule has 7 heteroatoms. The molecule has 1 amide bonds. The van der Waals surface area contributed by atoms with Crippen LogP contribution in [0.5, 0.6) is 11.5 Å². The maximum absolute atomic E-state index is 12.6. The average molecular weight is 402 g/mol. The van der Waals surface area contributed by atoms with E-state index >= 15 is 0 Å². The quantitative estimate of drug-likeness (QED) is 0.573. The summed E-state index contributed by atoms with van der Waals surface area (Å²) in [4.78, 5) is 17.0. The average Bonchev–Trinajstić information content (AvgIpc) is 3.11. The minimum atomic E-state index is -0.196. The highest BCUT2D eigenvalue weighted by molar-refractivity contribution is 6.30. The second-order valence-corrected chi connectivity index (χ2v) is 6.82. The second kappa shape index (κ2) is 9.46. The zero-order valence-corrected chi connectivity index (χ0v) is 16.8. The number of nitrogens with one attached hydrogen (secondary N) is 1. The number of benzene rings is 1. The Balaban J connectivity index is 1.69. The van der Waals surface area contributed by atoms with Gasteiger partial charge in [-0.25, -0.2) is 4.98 Å². The van der Waals surface area contributed by atoms with Gasteiger partial charge in [0.1, 0.15) is 5.65 Å². The Kier molecular flexibility index (Phi) is 6.76. The van der Waals surface area contributed by atoms with Gasteiger partial charge >= 0.3 is 0 Å². The summed E-state index contributed by atoms with van der Waals surface area (Å²) < 4.78 is 13.3. The SMILES string of the molecule is CCCOc1ccc(C(=O)NCc2cn3cc(Cl)ccc3n2)cc1OCCC. The number of ether oxygens (including phenoxy) is 2. The van der Waals surface area contributed by atoms with Crippen molar-refractivity contribution in [3.63, 3.8) is 0 Å². The summed E-state index contributed by atoms with van der Waals surface area (Å²) in [5.41, 5.74) is 2.05. The molecule has 0 fully saturated rings. The number of nitrogens with zero attached hydrogens (tertiary/aromatic N) is 2. The molecule has 0 radical (unpaired) electrons. The minimum Gasteiger partial charge on any atom is -0.490 e. The maximum atomic E-state index is 12.6. The van der Waals surface area contributed by atoms with Crippen molar-refractivity contribution in [2.45, 2.75) is 33.2 Å². The molecule has 0 bridgehead atoms. The molecule has 0 atom stereocenters. The lowest BCUT2D eigenvalue weighted by atomic mass is 10.2. The smallest absolute Gasteiger partial charge is 0.251 e. The number of aromatic nitrogens is 2. The summed E-state index contributed by atoms with van der Waals surface area (Å²) in [6, 6.07) is 8.86. The van der Waals surface area contributed by atoms with E-state index in [0.29, 0.717) is 41.8 Å². The summed E-state index contributed by atoms with van der Waals surface area (Å²) in [5.74, 6) is 1.05. The number of carbonyl (C=O) groups excluding carboxylic acids is 1. The molecule has 2 aromatic heterocycles. The fourth-order valence-electron chi connectivity index (χ4n) is 2.68. The fourth-order valence-corrected chi connectivity index (χ4v) is 2.85. The zero-order valence-electron chi connectivity index (χ0n) is 16.1. The molecule has 0 aliphatic heterocycles. The van der Waals surface area contributed by atoms with E-state index in [9.17, 15) is 4.79 Å². The molecule has 28 heavy (non-hydrogen) atoms. The van der Waals surface area contributed by atoms with Crippen molar-refractivity contribution in [3.05, 3.63) is 59.0 Å². The summed E-state index contributed by atoms with van der Waals surface area (Å²) in [6.07, 6.45) is 5.40. The molecule has 1 N–H and O–H groups in total. The third-order valence-corrected chi connectivity index (χ3v) is 4.25. The summed E-state index contributed by atoms with van der Waals surface area (Å²) >= 11 is 5.99. The predicted molar refractivity (Wildman–Crippen MR) is 109 cm³/mol. The molecule has 1 aromatic carbocycles. The molecule has 0 aliphatic carbocycles. The monoisotopic (exact) mass is 401 g/mol. The van der Waals surface area contributed by atoms with Gasteiger partial charge in [0.05, 0.1) is 30.5 Å². The topological polar surface area (TPSA) is 64.9 Å². The van der Waals surface area contributed by atoms with E-state index in [1.54, 1.807) is 30.5 Å². The first kappa shape index (κ1) is 20.0. The molecule has 2 heterocycles. The highest BCUT2D eigenvalue weighted by atomic mass is 35.5. The van der Waals surface area contributed by atoms with E-state index in [1.807, 2.05) is 30.5 Å². The third-order valence-electron chi connectivity index (χ3n) is 4.02. The Morgan fingerprint density at radius 3 is 2.57 bits per heavy atom. The first-order valence-electron chi connectivity index (χ1n) is 9.41. The highest BCUT2D eigenvalue weighted by Crippen LogP contribution is 2.29. The number of imidazole rings is 1. The van der Waals surface area contributed by atoms with Crippen molar-refractivity contribution in [3.8, 4) is 11.5 Å². The maximum Gasteiger partial charge on any atom is 0.251 e. The van der Waals surface area contributed by atoms with Crippen LogP contribution in [0.4, 0.5) is 0 Å². The van der Waals surface area contributed by atoms with E-state index < -0.39 is 0 Å². The van der Waals surface area contributed by atoms with Crippen LogP contribution < -0.4 is 14.8 Å². The number of hydrogen-bond donors (Lipinski definition) is 1. The second-order valence-electron chi connectivity index (χ2n) is 6.39. The van der Waals surface area contributed by atoms with Gasteiger partial charge < -0.3 is 19.2 Å². The Morgan fingerprint density at radius 2 is 1.82 bits per heavy atom. The molecular formula is C21H24ClN3O3. The fraction of sp³-hybridized carbons (Fsp3) is 0.333. The number of fused-ring (bicyclic) bond motifs is 1. The molecule has 3 aromatic rings. The van der Waals surface area contributed by atoms with Crippen LogP contribution in [-0.2, 0) is 6.54 Å². The van der Waals surface area contributed by atoms with Crippen molar-refractivity contribution in [1.82, 2.24) is 14.7 Å². The van der Waals surface area contributed by atoms with Gasteiger partial charge in [-0.1, -0.05) is 25.4 Å². The zero-order chi connectivity index (χ0) is 19.9. The Morgan fingerprint density at radius 1 is 1.07 bits per heavy atom. The Bertz CT molecular complexity index is 955. The van der Waals surface area contributed by atoms with Crippen LogP contribution in [0.15, 0.2) is 42.7 Å². The molecule has 6 nitrogen and oxygen atoms in total. The van der Waals surface area contributed by atoms with Crippen LogP contribution in [-0.4, -0.2) is 28.5 Å². The third kappa shape index (κ3) is 4.95. The molecule has 0 spiro atoms. The van der Waals surface area contributed by atoms with Crippen molar-refractivity contribution < 1.29 is 14.3 Å². The Hall–Kier alpha value is -2.73. The van der Waals surface area contributed by atoms with Gasteiger partial charge in [-0.15, -0.1) is 0 Å². The van der Waals surface area contributed by atoms with Gasteiger partial charge in [-0.2, -0.15) is 0 Å². The number of pyridine rings is 1. The molecule has 0 saturated carbocycles. The number of carbonyl (C=O) groups is 1. The van der Waals surface area contributed by atoms with Crippen LogP contribution in [0, 0.1) is 0 Å². The molecule has 0 aliphatic rings. The molecular weight excluding hydrogens is 378 g/mol. The van der Waals surface area contributed by atoms with Crippen LogP contribution in [0.2, 0.25) is 5.02 Å². The van der Waals surface area contributed by atoms with Crippen LogP contribution >= 0.6 is 11.6 Å². The van der Waals surface area contributed by atoms with Gasteiger partial charge in [0.15, 0.2) is 11.5 Å². The first-order valence-corrected chi connectivity index (χ1v) is 9.79. The predicted octanol–water partition coefficient (Wildman–Crippen LogP) is 4.50. The summed E-state index contributed by atoms with van der Waals surface area (Å²) in [6.45, 7) is 5.56. The van der Waals surface area contributed by atoms with E-state index in [1.165, 1.54) is 0 Å². The largest absolute Gasteiger partial charge is 0.490 e. The van der Waals surface area contributed by atoms with Gasteiger partial charge in [0, 0.05) is 18.0 Å². The van der Waals surface area contributed by atoms with Gasteiger partial charge in [0.25, 0.3) is 5.91 Å². The van der Waals surface area contributed by atoms with Gasteiger partial charge in [-0.3, -0.25) is 4.79 Å². The lowest BCUT2D eigenvalue weighted by Crippen LogP contribution is -2.23. The van der Waals surface area contributed by atoms with Crippen molar-refractivity contribution in [2.75, 3.05) is 13.2 Å². The van der Waals surface area contributed by atoms with Crippen LogP contribution in [0.25, 0.3) is 5.65 Å². The number of amides is 1. The molecule has 148 valence electrons. The van der Waals surface area contributed by atoms with E-state index in [0.717, 1.165) is 24.2 Å². The van der Waals surface area contributed by atoms with E-state index in [4.69, 9.17) is 21.1 Å². The number of hydrogen-bond acceptors (Lipinski definition) is 4. The number of rotatable bonds is 9. The molecule has 0 unspecified atom stereocenters. The summed E-state index contributed by atoms with van der Waals surface area (Å²) in [7, 11) is 0. The summed E-state index contributed by atoms with van der Waals surface area (Å²) in [5, 5.41) is 3.52. The normalized spacial score (nSPS) is 10.8. The molecule has 3 rings (SSSR count). The molecule has 0 saturated heterocycles. The van der Waals surface area contributed by atoms with Crippen molar-refractivity contribution >= 4 is 23.2 Å². The van der Waals surface area contributed by atoms with Crippen LogP contribution in [0.3, 0.4) is 0 Å². The van der Waals surface area contributed by atoms with Gasteiger partial charge in [0.2, 0.25) is 0 Å². The van der Waals surface area contributed by atoms with E-state index in [-0.39, 0.29) is 5.91 Å². The van der Waals surface area contributed by atoms with Gasteiger partial charge in [-0.05, 0) is 43.2 Å². The van der Waals surface area contributed by atoms with Crippen molar-refractivity contribution in [1.29, 1.82) is 0 Å². The highest BCUT2D eigenvalue weighted by Gasteiger charge is 2.12. The first-order chi connectivity index (χ1) is 13.6.